The molecule has 0 amide bonds. The van der Waals surface area contributed by atoms with E-state index in [-0.39, 0.29) is 0 Å². The van der Waals surface area contributed by atoms with E-state index in [4.69, 9.17) is 20.9 Å². The molecule has 8 heteroatoms. The fraction of sp³-hybridized carbons (Fsp3) is 0.375. The number of aryl methyl sites for hydroxylation is 2. The second kappa shape index (κ2) is 9.31. The van der Waals surface area contributed by atoms with Crippen molar-refractivity contribution in [1.82, 2.24) is 5.16 Å². The molecule has 1 aromatic heterocycles. The Morgan fingerprint density at radius 3 is 2.31 bits per heavy atom. The van der Waals surface area contributed by atoms with Gasteiger partial charge in [0.25, 0.3) is 0 Å². The first-order chi connectivity index (χ1) is 15.3. The number of hydrogen-bond donors (Lipinski definition) is 4. The Hall–Kier alpha value is -2.26. The highest BCUT2D eigenvalue weighted by atomic mass is 35.5. The molecule has 1 fully saturated rings. The molecule has 1 saturated heterocycles. The van der Waals surface area contributed by atoms with Crippen molar-refractivity contribution in [2.75, 3.05) is 6.61 Å². The lowest BCUT2D eigenvalue weighted by atomic mass is 9.90. The molecule has 0 unspecified atom stereocenters. The van der Waals surface area contributed by atoms with Crippen LogP contribution in [0.3, 0.4) is 0 Å². The number of halogens is 1. The summed E-state index contributed by atoms with van der Waals surface area (Å²) in [5, 5.41) is 44.6. The average molecular weight is 460 g/mol. The van der Waals surface area contributed by atoms with E-state index in [2.05, 4.69) is 5.16 Å². The molecule has 2 heterocycles. The van der Waals surface area contributed by atoms with E-state index in [0.29, 0.717) is 17.0 Å². The minimum atomic E-state index is -1.43. The Labute approximate surface area is 190 Å². The number of aliphatic hydroxyl groups is 4. The predicted molar refractivity (Wildman–Crippen MR) is 118 cm³/mol. The van der Waals surface area contributed by atoms with Crippen LogP contribution in [0.25, 0.3) is 11.1 Å². The van der Waals surface area contributed by atoms with Crippen molar-refractivity contribution < 1.29 is 29.7 Å². The van der Waals surface area contributed by atoms with Crippen molar-refractivity contribution in [3.8, 4) is 11.1 Å². The lowest BCUT2D eigenvalue weighted by Gasteiger charge is -2.40. The molecule has 1 aliphatic rings. The first-order valence-electron chi connectivity index (χ1n) is 10.4. The van der Waals surface area contributed by atoms with E-state index < -0.39 is 37.1 Å². The summed E-state index contributed by atoms with van der Waals surface area (Å²) in [6.45, 7) is 3.32. The zero-order valence-corrected chi connectivity index (χ0v) is 18.5. The lowest BCUT2D eigenvalue weighted by Crippen LogP contribution is -2.55. The first kappa shape index (κ1) is 22.9. The highest BCUT2D eigenvalue weighted by molar-refractivity contribution is 6.31. The predicted octanol–water partition coefficient (Wildman–Crippen LogP) is 2.72. The topological polar surface area (TPSA) is 116 Å². The van der Waals surface area contributed by atoms with Gasteiger partial charge >= 0.3 is 0 Å². The molecular weight excluding hydrogens is 434 g/mol. The number of aromatic nitrogens is 1. The minimum absolute atomic E-state index is 0.473. The summed E-state index contributed by atoms with van der Waals surface area (Å²) >= 11 is 6.43. The normalized spacial score (nSPS) is 25.8. The molecule has 5 atom stereocenters. The van der Waals surface area contributed by atoms with Crippen LogP contribution in [0.15, 0.2) is 47.0 Å². The maximum atomic E-state index is 10.4. The van der Waals surface area contributed by atoms with Crippen molar-refractivity contribution in [2.24, 2.45) is 0 Å². The van der Waals surface area contributed by atoms with Crippen molar-refractivity contribution in [3.63, 3.8) is 0 Å². The highest BCUT2D eigenvalue weighted by Gasteiger charge is 2.44. The third kappa shape index (κ3) is 4.32. The number of rotatable bonds is 5. The Balaban J connectivity index is 1.57. The molecule has 4 N–H and O–H groups in total. The zero-order valence-electron chi connectivity index (χ0n) is 17.8. The summed E-state index contributed by atoms with van der Waals surface area (Å²) in [5.41, 5.74) is 5.31. The Morgan fingerprint density at radius 2 is 1.69 bits per heavy atom. The van der Waals surface area contributed by atoms with Crippen LogP contribution in [-0.4, -0.2) is 56.6 Å². The van der Waals surface area contributed by atoms with Crippen molar-refractivity contribution in [2.45, 2.75) is 50.8 Å². The van der Waals surface area contributed by atoms with Crippen LogP contribution in [0.2, 0.25) is 5.02 Å². The monoisotopic (exact) mass is 459 g/mol. The minimum Gasteiger partial charge on any atom is -0.394 e. The summed E-state index contributed by atoms with van der Waals surface area (Å²) in [4.78, 5) is 0. The molecule has 0 spiro atoms. The Kier molecular flexibility index (Phi) is 6.67. The molecule has 1 aliphatic heterocycles. The fourth-order valence-electron chi connectivity index (χ4n) is 4.19. The van der Waals surface area contributed by atoms with Gasteiger partial charge in [0.2, 0.25) is 0 Å². The van der Waals surface area contributed by atoms with Gasteiger partial charge in [0.1, 0.15) is 36.3 Å². The molecule has 0 bridgehead atoms. The van der Waals surface area contributed by atoms with Crippen LogP contribution in [-0.2, 0) is 11.2 Å². The van der Waals surface area contributed by atoms with Gasteiger partial charge in [-0.1, -0.05) is 53.2 Å². The molecule has 170 valence electrons. The van der Waals surface area contributed by atoms with Gasteiger partial charge in [-0.2, -0.15) is 0 Å². The van der Waals surface area contributed by atoms with Crippen LogP contribution in [0.1, 0.15) is 34.2 Å². The van der Waals surface area contributed by atoms with Crippen LogP contribution >= 0.6 is 11.6 Å². The van der Waals surface area contributed by atoms with Gasteiger partial charge in [0.05, 0.1) is 12.3 Å². The van der Waals surface area contributed by atoms with Gasteiger partial charge in [-0.15, -0.1) is 0 Å². The fourth-order valence-corrected chi connectivity index (χ4v) is 4.37. The lowest BCUT2D eigenvalue weighted by molar-refractivity contribution is -0.231. The quantitative estimate of drug-likeness (QED) is 0.463. The molecular formula is C24H26ClNO6. The summed E-state index contributed by atoms with van der Waals surface area (Å²) in [6.07, 6.45) is -5.48. The van der Waals surface area contributed by atoms with Gasteiger partial charge in [-0.05, 0) is 48.6 Å². The second-order valence-electron chi connectivity index (χ2n) is 8.17. The van der Waals surface area contributed by atoms with Gasteiger partial charge < -0.3 is 29.7 Å². The molecule has 2 aromatic carbocycles. The smallest absolute Gasteiger partial charge is 0.141 e. The molecule has 4 rings (SSSR count). The maximum Gasteiger partial charge on any atom is 0.141 e. The van der Waals surface area contributed by atoms with Crippen LogP contribution in [0.4, 0.5) is 0 Å². The molecule has 0 radical (unpaired) electrons. The molecule has 0 aliphatic carbocycles. The standard InChI is InChI=1S/C24H26ClNO6/c1-12-20(13(2)32-26-12)15-5-3-14(4-6-15)9-17-10-16(7-8-18(17)25)24-23(30)22(29)21(28)19(11-27)31-24/h3-8,10,19,21-24,27-30H,9,11H2,1-2H3/t19-,21-,22+,23-,24+/m1/s1. The molecule has 3 aromatic rings. The largest absolute Gasteiger partial charge is 0.394 e. The second-order valence-corrected chi connectivity index (χ2v) is 8.58. The summed E-state index contributed by atoms with van der Waals surface area (Å²) in [7, 11) is 0. The first-order valence-corrected chi connectivity index (χ1v) is 10.8. The summed E-state index contributed by atoms with van der Waals surface area (Å²) in [5.74, 6) is 0.769. The van der Waals surface area contributed by atoms with E-state index in [0.717, 1.165) is 33.7 Å². The third-order valence-corrected chi connectivity index (χ3v) is 6.33. The highest BCUT2D eigenvalue weighted by Crippen LogP contribution is 2.35. The van der Waals surface area contributed by atoms with Gasteiger partial charge in [0, 0.05) is 10.6 Å². The van der Waals surface area contributed by atoms with Crippen LogP contribution < -0.4 is 0 Å². The molecule has 32 heavy (non-hydrogen) atoms. The zero-order chi connectivity index (χ0) is 23.0. The average Bonchev–Trinajstić information content (AvgIpc) is 3.12. The van der Waals surface area contributed by atoms with E-state index >= 15 is 0 Å². The number of hydrogen-bond acceptors (Lipinski definition) is 7. The SMILES string of the molecule is Cc1noc(C)c1-c1ccc(Cc2cc([C@@H]3O[C@H](CO)[C@@H](O)[C@H](O)[C@H]3O)ccc2Cl)cc1. The Morgan fingerprint density at radius 1 is 0.969 bits per heavy atom. The van der Waals surface area contributed by atoms with Gasteiger partial charge in [0.15, 0.2) is 0 Å². The summed E-state index contributed by atoms with van der Waals surface area (Å²) < 4.78 is 10.9. The van der Waals surface area contributed by atoms with Crippen LogP contribution in [0.5, 0.6) is 0 Å². The van der Waals surface area contributed by atoms with E-state index in [9.17, 15) is 20.4 Å². The summed E-state index contributed by atoms with van der Waals surface area (Å²) in [6, 6.07) is 13.3. The Bertz CT molecular complexity index is 1060. The number of benzene rings is 2. The van der Waals surface area contributed by atoms with E-state index in [1.165, 1.54) is 0 Å². The van der Waals surface area contributed by atoms with Gasteiger partial charge in [-0.3, -0.25) is 0 Å². The van der Waals surface area contributed by atoms with Crippen molar-refractivity contribution in [3.05, 3.63) is 75.6 Å². The number of ether oxygens (including phenoxy) is 1. The number of aliphatic hydroxyl groups excluding tert-OH is 4. The van der Waals surface area contributed by atoms with Crippen molar-refractivity contribution >= 4 is 11.6 Å². The number of nitrogens with zero attached hydrogens (tertiary/aromatic N) is 1. The van der Waals surface area contributed by atoms with Crippen LogP contribution in [0, 0.1) is 13.8 Å². The van der Waals surface area contributed by atoms with Crippen molar-refractivity contribution in [1.29, 1.82) is 0 Å². The maximum absolute atomic E-state index is 10.4. The molecule has 7 nitrogen and oxygen atoms in total. The van der Waals surface area contributed by atoms with E-state index in [1.54, 1.807) is 12.1 Å². The van der Waals surface area contributed by atoms with Gasteiger partial charge in [-0.25, -0.2) is 0 Å². The molecule has 0 saturated carbocycles. The third-order valence-electron chi connectivity index (χ3n) is 5.96. The van der Waals surface area contributed by atoms with E-state index in [1.807, 2.05) is 44.2 Å².